The van der Waals surface area contributed by atoms with Crippen molar-refractivity contribution in [2.24, 2.45) is 5.92 Å². The van der Waals surface area contributed by atoms with E-state index in [0.717, 1.165) is 18.6 Å². The lowest BCUT2D eigenvalue weighted by Crippen LogP contribution is -2.60. The van der Waals surface area contributed by atoms with Crippen molar-refractivity contribution in [1.82, 2.24) is 0 Å². The summed E-state index contributed by atoms with van der Waals surface area (Å²) in [6.07, 6.45) is -1.17. The SMILES string of the molecule is CCCCCCCCCS[C@@H]1OC(CO)[C@H](COC[C@@H]2OC(CO)[C@@H](O)C(O)[C@@H]2O)C(O)[C@@H]1O. The lowest BCUT2D eigenvalue weighted by atomic mass is 9.90. The third kappa shape index (κ3) is 8.52. The molecule has 7 N–H and O–H groups in total. The predicted octanol–water partition coefficient (Wildman–Crippen LogP) is -0.616. The van der Waals surface area contributed by atoms with E-state index in [9.17, 15) is 35.7 Å². The molecule has 11 heteroatoms. The fraction of sp³-hybridized carbons (Fsp3) is 1.00. The average molecular weight is 513 g/mol. The van der Waals surface area contributed by atoms with E-state index < -0.39 is 66.8 Å². The van der Waals surface area contributed by atoms with E-state index in [1.54, 1.807) is 0 Å². The van der Waals surface area contributed by atoms with Gasteiger partial charge in [0.25, 0.3) is 0 Å². The lowest BCUT2D eigenvalue weighted by molar-refractivity contribution is -0.243. The van der Waals surface area contributed by atoms with Crippen LogP contribution in [0.4, 0.5) is 0 Å². The Kier molecular flexibility index (Phi) is 14.1. The molecule has 4 unspecified atom stereocenters. The molecule has 0 saturated carbocycles. The third-order valence-electron chi connectivity index (χ3n) is 6.65. The van der Waals surface area contributed by atoms with Gasteiger partial charge in [0.2, 0.25) is 0 Å². The number of rotatable bonds is 15. The van der Waals surface area contributed by atoms with Gasteiger partial charge in [0.05, 0.1) is 38.6 Å². The summed E-state index contributed by atoms with van der Waals surface area (Å²) < 4.78 is 16.8. The van der Waals surface area contributed by atoms with Gasteiger partial charge in [-0.2, -0.15) is 0 Å². The van der Waals surface area contributed by atoms with Crippen LogP contribution in [-0.4, -0.2) is 122 Å². The summed E-state index contributed by atoms with van der Waals surface area (Å²) in [5, 5.41) is 70.1. The number of hydrogen-bond acceptors (Lipinski definition) is 11. The zero-order valence-corrected chi connectivity index (χ0v) is 20.8. The number of hydrogen-bond donors (Lipinski definition) is 7. The Morgan fingerprint density at radius 2 is 1.26 bits per heavy atom. The minimum atomic E-state index is -1.50. The van der Waals surface area contributed by atoms with Gasteiger partial charge in [-0.3, -0.25) is 0 Å². The van der Waals surface area contributed by atoms with Crippen LogP contribution < -0.4 is 0 Å². The van der Waals surface area contributed by atoms with Crippen molar-refractivity contribution in [2.45, 2.75) is 106 Å². The monoisotopic (exact) mass is 512 g/mol. The molecule has 0 amide bonds. The Balaban J connectivity index is 1.76. The van der Waals surface area contributed by atoms with E-state index in [0.29, 0.717) is 0 Å². The first kappa shape index (κ1) is 30.2. The van der Waals surface area contributed by atoms with Crippen LogP contribution in [-0.2, 0) is 14.2 Å². The number of aliphatic hydroxyl groups excluding tert-OH is 7. The van der Waals surface area contributed by atoms with Gasteiger partial charge in [0, 0.05) is 5.92 Å². The second-order valence-corrected chi connectivity index (χ2v) is 10.5. The molecular formula is C23H44O10S. The molecule has 2 aliphatic rings. The van der Waals surface area contributed by atoms with Gasteiger partial charge >= 0.3 is 0 Å². The summed E-state index contributed by atoms with van der Waals surface area (Å²) in [7, 11) is 0. The van der Waals surface area contributed by atoms with Crippen LogP contribution in [0.5, 0.6) is 0 Å². The van der Waals surface area contributed by atoms with Crippen molar-refractivity contribution < 1.29 is 50.0 Å². The number of ether oxygens (including phenoxy) is 3. The molecule has 34 heavy (non-hydrogen) atoms. The first-order valence-electron chi connectivity index (χ1n) is 12.5. The Labute approximate surface area is 206 Å². The van der Waals surface area contributed by atoms with Crippen molar-refractivity contribution >= 4 is 11.8 Å². The van der Waals surface area contributed by atoms with Gasteiger partial charge in [-0.15, -0.1) is 11.8 Å². The van der Waals surface area contributed by atoms with Crippen LogP contribution in [0.2, 0.25) is 0 Å². The highest BCUT2D eigenvalue weighted by Crippen LogP contribution is 2.33. The number of unbranched alkanes of at least 4 members (excludes halogenated alkanes) is 6. The van der Waals surface area contributed by atoms with Crippen LogP contribution in [0, 0.1) is 5.92 Å². The predicted molar refractivity (Wildman–Crippen MR) is 126 cm³/mol. The molecule has 0 radical (unpaired) electrons. The lowest BCUT2D eigenvalue weighted by Gasteiger charge is -2.43. The average Bonchev–Trinajstić information content (AvgIpc) is 2.84. The van der Waals surface area contributed by atoms with E-state index in [2.05, 4.69) is 6.92 Å². The molecule has 0 bridgehead atoms. The zero-order valence-electron chi connectivity index (χ0n) is 20.0. The maximum absolute atomic E-state index is 10.7. The summed E-state index contributed by atoms with van der Waals surface area (Å²) >= 11 is 1.44. The van der Waals surface area contributed by atoms with E-state index in [1.807, 2.05) is 0 Å². The molecule has 0 aromatic carbocycles. The second kappa shape index (κ2) is 15.9. The third-order valence-corrected chi connectivity index (χ3v) is 7.89. The first-order chi connectivity index (χ1) is 16.3. The van der Waals surface area contributed by atoms with Gasteiger partial charge in [0.1, 0.15) is 42.1 Å². The summed E-state index contributed by atoms with van der Waals surface area (Å²) in [6.45, 7) is 1.03. The Bertz CT molecular complexity index is 540. The molecule has 2 fully saturated rings. The number of thioether (sulfide) groups is 1. The standard InChI is InChI=1S/C23H44O10S/c1-2-3-4-5-6-7-8-9-34-23-22(30)18(26)14(15(10-24)33-23)12-31-13-17-20(28)21(29)19(27)16(11-25)32-17/h14-30H,2-13H2,1H3/t14-,15?,16?,17-,18?,19+,20+,21?,22-,23-/m0/s1. The molecule has 0 aliphatic carbocycles. The highest BCUT2D eigenvalue weighted by Gasteiger charge is 2.46. The van der Waals surface area contributed by atoms with Crippen LogP contribution in [0.3, 0.4) is 0 Å². The molecule has 2 saturated heterocycles. The van der Waals surface area contributed by atoms with Crippen molar-refractivity contribution in [2.75, 3.05) is 32.2 Å². The van der Waals surface area contributed by atoms with E-state index in [-0.39, 0.29) is 19.8 Å². The van der Waals surface area contributed by atoms with Crippen LogP contribution in [0.15, 0.2) is 0 Å². The summed E-state index contributed by atoms with van der Waals surface area (Å²) in [5.74, 6) is 0.0823. The van der Waals surface area contributed by atoms with Gasteiger partial charge in [-0.1, -0.05) is 45.4 Å². The molecule has 0 spiro atoms. The normalized spacial score (nSPS) is 38.8. The minimum absolute atomic E-state index is 0.0897. The zero-order chi connectivity index (χ0) is 25.1. The molecule has 10 atom stereocenters. The maximum atomic E-state index is 10.7. The number of aliphatic hydroxyl groups is 7. The van der Waals surface area contributed by atoms with Crippen molar-refractivity contribution in [1.29, 1.82) is 0 Å². The Morgan fingerprint density at radius 3 is 1.91 bits per heavy atom. The Hall–Kier alpha value is -0.0500. The van der Waals surface area contributed by atoms with Crippen LogP contribution in [0.1, 0.15) is 51.9 Å². The fourth-order valence-corrected chi connectivity index (χ4v) is 5.59. The van der Waals surface area contributed by atoms with Gasteiger partial charge in [0.15, 0.2) is 0 Å². The second-order valence-electron chi connectivity index (χ2n) is 9.27. The summed E-state index contributed by atoms with van der Waals surface area (Å²) in [6, 6.07) is 0. The molecule has 2 aliphatic heterocycles. The van der Waals surface area contributed by atoms with Crippen LogP contribution in [0.25, 0.3) is 0 Å². The highest BCUT2D eigenvalue weighted by atomic mass is 32.2. The van der Waals surface area contributed by atoms with Crippen LogP contribution >= 0.6 is 11.8 Å². The quantitative estimate of drug-likeness (QED) is 0.140. The summed E-state index contributed by atoms with van der Waals surface area (Å²) in [4.78, 5) is 0. The van der Waals surface area contributed by atoms with E-state index >= 15 is 0 Å². The minimum Gasteiger partial charge on any atom is -0.394 e. The van der Waals surface area contributed by atoms with Crippen molar-refractivity contribution in [3.63, 3.8) is 0 Å². The molecular weight excluding hydrogens is 468 g/mol. The Morgan fingerprint density at radius 1 is 0.647 bits per heavy atom. The largest absolute Gasteiger partial charge is 0.394 e. The van der Waals surface area contributed by atoms with Gasteiger partial charge in [-0.05, 0) is 12.2 Å². The van der Waals surface area contributed by atoms with Gasteiger partial charge < -0.3 is 50.0 Å². The topological polar surface area (TPSA) is 169 Å². The fourth-order valence-electron chi connectivity index (χ4n) is 4.41. The molecule has 0 aromatic rings. The van der Waals surface area contributed by atoms with Gasteiger partial charge in [-0.25, -0.2) is 0 Å². The smallest absolute Gasteiger partial charge is 0.132 e. The molecule has 0 aromatic heterocycles. The molecule has 202 valence electrons. The summed E-state index contributed by atoms with van der Waals surface area (Å²) in [5.41, 5.74) is -0.645. The molecule has 2 rings (SSSR count). The molecule has 10 nitrogen and oxygen atoms in total. The van der Waals surface area contributed by atoms with E-state index in [4.69, 9.17) is 14.2 Å². The highest BCUT2D eigenvalue weighted by molar-refractivity contribution is 7.99. The maximum Gasteiger partial charge on any atom is 0.132 e. The van der Waals surface area contributed by atoms with Crippen molar-refractivity contribution in [3.8, 4) is 0 Å². The van der Waals surface area contributed by atoms with Crippen molar-refractivity contribution in [3.05, 3.63) is 0 Å². The van der Waals surface area contributed by atoms with E-state index in [1.165, 1.54) is 43.9 Å². The molecule has 2 heterocycles. The first-order valence-corrected chi connectivity index (χ1v) is 13.5.